The van der Waals surface area contributed by atoms with Gasteiger partial charge in [0, 0.05) is 5.33 Å². The van der Waals surface area contributed by atoms with Gasteiger partial charge in [0.15, 0.2) is 0 Å². The molecule has 1 rings (SSSR count). The van der Waals surface area contributed by atoms with Crippen molar-refractivity contribution in [3.05, 3.63) is 34.9 Å². The third kappa shape index (κ3) is 3.86. The number of halogens is 1. The molecule has 0 atom stereocenters. The molecule has 0 aliphatic carbocycles. The second-order valence-corrected chi connectivity index (χ2v) is 4.29. The van der Waals surface area contributed by atoms with Gasteiger partial charge in [-0.3, -0.25) is 0 Å². The van der Waals surface area contributed by atoms with E-state index in [0.717, 1.165) is 23.7 Å². The van der Waals surface area contributed by atoms with Crippen molar-refractivity contribution >= 4 is 21.9 Å². The average Bonchev–Trinajstić information content (AvgIpc) is 2.36. The van der Waals surface area contributed by atoms with Crippen LogP contribution in [0.15, 0.2) is 18.2 Å². The van der Waals surface area contributed by atoms with Crippen LogP contribution in [0, 0.1) is 11.3 Å². The van der Waals surface area contributed by atoms with Gasteiger partial charge in [-0.25, -0.2) is 4.79 Å². The van der Waals surface area contributed by atoms with Gasteiger partial charge < -0.3 is 4.74 Å². The second kappa shape index (κ2) is 7.08. The molecule has 0 radical (unpaired) electrons. The van der Waals surface area contributed by atoms with Crippen LogP contribution in [0.2, 0.25) is 0 Å². The maximum atomic E-state index is 11.8. The zero-order valence-electron chi connectivity index (χ0n) is 9.70. The van der Waals surface area contributed by atoms with E-state index in [1.54, 1.807) is 19.1 Å². The Morgan fingerprint density at radius 2 is 2.29 bits per heavy atom. The molecule has 0 heterocycles. The van der Waals surface area contributed by atoms with Crippen LogP contribution in [0.1, 0.15) is 34.8 Å². The number of alkyl halides is 1. The van der Waals surface area contributed by atoms with Crippen LogP contribution >= 0.6 is 15.9 Å². The highest BCUT2D eigenvalue weighted by Crippen LogP contribution is 2.15. The Balaban J connectivity index is 3.03. The number of hydrogen-bond donors (Lipinski definition) is 0. The molecule has 3 nitrogen and oxygen atoms in total. The number of nitrogens with zero attached hydrogens (tertiary/aromatic N) is 1. The summed E-state index contributed by atoms with van der Waals surface area (Å²) in [6, 6.07) is 7.18. The molecule has 0 spiro atoms. The lowest BCUT2D eigenvalue weighted by Gasteiger charge is -2.08. The number of benzene rings is 1. The van der Waals surface area contributed by atoms with E-state index in [9.17, 15) is 4.79 Å². The minimum Gasteiger partial charge on any atom is -0.462 e. The van der Waals surface area contributed by atoms with Crippen molar-refractivity contribution in [1.29, 1.82) is 5.26 Å². The SMILES string of the molecule is CCOC(=O)c1cc(C#N)ccc1CCCBr. The number of nitriles is 1. The first kappa shape index (κ1) is 13.7. The summed E-state index contributed by atoms with van der Waals surface area (Å²) in [5, 5.41) is 9.72. The van der Waals surface area contributed by atoms with Gasteiger partial charge in [0.2, 0.25) is 0 Å². The van der Waals surface area contributed by atoms with Crippen LogP contribution in [-0.2, 0) is 11.2 Å². The van der Waals surface area contributed by atoms with Crippen molar-refractivity contribution in [3.63, 3.8) is 0 Å². The normalized spacial score (nSPS) is 9.71. The summed E-state index contributed by atoms with van der Waals surface area (Å²) in [6.45, 7) is 2.11. The summed E-state index contributed by atoms with van der Waals surface area (Å²) in [7, 11) is 0. The van der Waals surface area contributed by atoms with Gasteiger partial charge in [-0.2, -0.15) is 5.26 Å². The molecule has 0 bridgehead atoms. The van der Waals surface area contributed by atoms with E-state index in [1.807, 2.05) is 12.1 Å². The number of rotatable bonds is 5. The fraction of sp³-hybridized carbons (Fsp3) is 0.385. The lowest BCUT2D eigenvalue weighted by Crippen LogP contribution is -2.09. The standard InChI is InChI=1S/C13H14BrNO2/c1-2-17-13(16)12-8-10(9-15)5-6-11(12)4-3-7-14/h5-6,8H,2-4,7H2,1H3. The molecule has 17 heavy (non-hydrogen) atoms. The quantitative estimate of drug-likeness (QED) is 0.620. The number of carbonyl (C=O) groups excluding carboxylic acids is 1. The monoisotopic (exact) mass is 295 g/mol. The minimum absolute atomic E-state index is 0.341. The van der Waals surface area contributed by atoms with E-state index < -0.39 is 0 Å². The molecule has 1 aromatic carbocycles. The average molecular weight is 296 g/mol. The Bertz CT molecular complexity index is 438. The summed E-state index contributed by atoms with van der Waals surface area (Å²) in [5.41, 5.74) is 1.92. The molecule has 0 amide bonds. The molecule has 1 aromatic rings. The molecule has 0 aliphatic rings. The summed E-state index contributed by atoms with van der Waals surface area (Å²) in [5.74, 6) is -0.353. The van der Waals surface area contributed by atoms with Crippen molar-refractivity contribution < 1.29 is 9.53 Å². The van der Waals surface area contributed by atoms with Crippen molar-refractivity contribution in [1.82, 2.24) is 0 Å². The highest BCUT2D eigenvalue weighted by molar-refractivity contribution is 9.09. The Hall–Kier alpha value is -1.34. The molecule has 4 heteroatoms. The van der Waals surface area contributed by atoms with Crippen molar-refractivity contribution in [2.24, 2.45) is 0 Å². The van der Waals surface area contributed by atoms with E-state index in [0.29, 0.717) is 17.7 Å². The smallest absolute Gasteiger partial charge is 0.338 e. The van der Waals surface area contributed by atoms with E-state index in [-0.39, 0.29) is 5.97 Å². The van der Waals surface area contributed by atoms with Gasteiger partial charge in [0.05, 0.1) is 23.8 Å². The van der Waals surface area contributed by atoms with Crippen LogP contribution in [-0.4, -0.2) is 17.9 Å². The maximum Gasteiger partial charge on any atom is 0.338 e. The molecular weight excluding hydrogens is 282 g/mol. The fourth-order valence-corrected chi connectivity index (χ4v) is 1.80. The maximum absolute atomic E-state index is 11.8. The molecule has 0 saturated carbocycles. The topological polar surface area (TPSA) is 50.1 Å². The molecule has 0 saturated heterocycles. The molecular formula is C13H14BrNO2. The largest absolute Gasteiger partial charge is 0.462 e. The molecule has 0 aliphatic heterocycles. The van der Waals surface area contributed by atoms with Crippen molar-refractivity contribution in [2.45, 2.75) is 19.8 Å². The summed E-state index contributed by atoms with van der Waals surface area (Å²) < 4.78 is 4.99. The lowest BCUT2D eigenvalue weighted by molar-refractivity contribution is 0.0525. The molecule has 0 aromatic heterocycles. The summed E-state index contributed by atoms with van der Waals surface area (Å²) in [6.07, 6.45) is 1.74. The molecule has 0 fully saturated rings. The van der Waals surface area contributed by atoms with Gasteiger partial charge in [-0.1, -0.05) is 22.0 Å². The van der Waals surface area contributed by atoms with Crippen LogP contribution in [0.25, 0.3) is 0 Å². The van der Waals surface area contributed by atoms with E-state index >= 15 is 0 Å². The highest BCUT2D eigenvalue weighted by atomic mass is 79.9. The third-order valence-corrected chi connectivity index (χ3v) is 2.87. The zero-order chi connectivity index (χ0) is 12.7. The van der Waals surface area contributed by atoms with Gasteiger partial charge in [0.25, 0.3) is 0 Å². The van der Waals surface area contributed by atoms with Gasteiger partial charge in [0.1, 0.15) is 0 Å². The van der Waals surface area contributed by atoms with Gasteiger partial charge in [-0.15, -0.1) is 0 Å². The Morgan fingerprint density at radius 1 is 1.53 bits per heavy atom. The van der Waals surface area contributed by atoms with Gasteiger partial charge >= 0.3 is 5.97 Å². The van der Waals surface area contributed by atoms with Gasteiger partial charge in [-0.05, 0) is 37.5 Å². The molecule has 0 N–H and O–H groups in total. The number of hydrogen-bond acceptors (Lipinski definition) is 3. The minimum atomic E-state index is -0.353. The first-order chi connectivity index (χ1) is 8.22. The Morgan fingerprint density at radius 3 is 2.88 bits per heavy atom. The molecule has 0 unspecified atom stereocenters. The number of esters is 1. The first-order valence-corrected chi connectivity index (χ1v) is 6.61. The lowest BCUT2D eigenvalue weighted by atomic mass is 10.0. The third-order valence-electron chi connectivity index (χ3n) is 2.31. The number of carbonyl (C=O) groups is 1. The fourth-order valence-electron chi connectivity index (χ4n) is 1.52. The van der Waals surface area contributed by atoms with E-state index in [4.69, 9.17) is 10.00 Å². The second-order valence-electron chi connectivity index (χ2n) is 3.50. The molecule has 90 valence electrons. The van der Waals surface area contributed by atoms with E-state index in [1.165, 1.54) is 0 Å². The van der Waals surface area contributed by atoms with Crippen LogP contribution < -0.4 is 0 Å². The number of aryl methyl sites for hydroxylation is 1. The van der Waals surface area contributed by atoms with E-state index in [2.05, 4.69) is 15.9 Å². The predicted molar refractivity (Wildman–Crippen MR) is 69.2 cm³/mol. The Kier molecular flexibility index (Phi) is 5.71. The first-order valence-electron chi connectivity index (χ1n) is 5.49. The van der Waals surface area contributed by atoms with Crippen LogP contribution in [0.5, 0.6) is 0 Å². The van der Waals surface area contributed by atoms with Crippen molar-refractivity contribution in [3.8, 4) is 6.07 Å². The summed E-state index contributed by atoms with van der Waals surface area (Å²) in [4.78, 5) is 11.8. The zero-order valence-corrected chi connectivity index (χ0v) is 11.3. The van der Waals surface area contributed by atoms with Crippen LogP contribution in [0.4, 0.5) is 0 Å². The van der Waals surface area contributed by atoms with Crippen LogP contribution in [0.3, 0.4) is 0 Å². The predicted octanol–water partition coefficient (Wildman–Crippen LogP) is 3.06. The number of ether oxygens (including phenoxy) is 1. The highest BCUT2D eigenvalue weighted by Gasteiger charge is 2.13. The summed E-state index contributed by atoms with van der Waals surface area (Å²) >= 11 is 3.36. The van der Waals surface area contributed by atoms with Crippen molar-refractivity contribution in [2.75, 3.05) is 11.9 Å². The Labute approximate surface area is 110 Å².